The van der Waals surface area contributed by atoms with Crippen LogP contribution in [0.15, 0.2) is 61.1 Å². The molecule has 0 fully saturated rings. The molecular formula is C22H21FN6O2. The molecule has 158 valence electrons. The van der Waals surface area contributed by atoms with Gasteiger partial charge in [-0.25, -0.2) is 18.7 Å². The molecule has 0 spiro atoms. The third kappa shape index (κ3) is 5.33. The minimum absolute atomic E-state index is 0.141. The highest BCUT2D eigenvalue weighted by atomic mass is 19.1. The molecule has 4 rings (SSSR count). The van der Waals surface area contributed by atoms with Crippen molar-refractivity contribution in [2.45, 2.75) is 27.1 Å². The number of carbonyl (C=O) groups is 1. The van der Waals surface area contributed by atoms with Crippen LogP contribution in [0.4, 0.5) is 10.3 Å². The van der Waals surface area contributed by atoms with Gasteiger partial charge in [-0.3, -0.25) is 10.1 Å². The summed E-state index contributed by atoms with van der Waals surface area (Å²) in [5, 5.41) is 11.0. The monoisotopic (exact) mass is 420 g/mol. The molecule has 0 saturated carbocycles. The fourth-order valence-electron chi connectivity index (χ4n) is 3.13. The average molecular weight is 420 g/mol. The zero-order valence-electron chi connectivity index (χ0n) is 17.1. The van der Waals surface area contributed by atoms with E-state index in [0.717, 1.165) is 22.4 Å². The summed E-state index contributed by atoms with van der Waals surface area (Å²) in [5.74, 6) is 0.131. The summed E-state index contributed by atoms with van der Waals surface area (Å²) in [6.45, 7) is 4.52. The number of nitrogens with one attached hydrogen (secondary N) is 1. The van der Waals surface area contributed by atoms with Crippen molar-refractivity contribution in [2.75, 3.05) is 5.32 Å². The molecule has 2 aromatic carbocycles. The second-order valence-corrected chi connectivity index (χ2v) is 7.19. The Bertz CT molecular complexity index is 1200. The molecule has 0 atom stereocenters. The number of hydrogen-bond acceptors (Lipinski definition) is 5. The van der Waals surface area contributed by atoms with Crippen LogP contribution in [0.3, 0.4) is 0 Å². The molecule has 9 heteroatoms. The Kier molecular flexibility index (Phi) is 5.74. The average Bonchev–Trinajstić information content (AvgIpc) is 3.35. The topological polar surface area (TPSA) is 86.9 Å². The van der Waals surface area contributed by atoms with E-state index in [2.05, 4.69) is 26.6 Å². The molecule has 2 heterocycles. The number of rotatable bonds is 7. The summed E-state index contributed by atoms with van der Waals surface area (Å²) < 4.78 is 22.1. The molecule has 1 amide bonds. The van der Waals surface area contributed by atoms with Gasteiger partial charge in [-0.15, -0.1) is 5.10 Å². The van der Waals surface area contributed by atoms with Crippen LogP contribution in [0.2, 0.25) is 0 Å². The minimum Gasteiger partial charge on any atom is -0.471 e. The highest BCUT2D eigenvalue weighted by Gasteiger charge is 2.13. The van der Waals surface area contributed by atoms with Crippen molar-refractivity contribution < 1.29 is 13.9 Å². The minimum atomic E-state index is -0.436. The molecule has 0 aliphatic heterocycles. The lowest BCUT2D eigenvalue weighted by Crippen LogP contribution is -2.15. The van der Waals surface area contributed by atoms with Gasteiger partial charge in [0.2, 0.25) is 5.95 Å². The first-order valence-corrected chi connectivity index (χ1v) is 9.64. The molecule has 31 heavy (non-hydrogen) atoms. The molecule has 0 unspecified atom stereocenters. The van der Waals surface area contributed by atoms with E-state index in [1.807, 2.05) is 26.0 Å². The van der Waals surface area contributed by atoms with Crippen LogP contribution in [-0.4, -0.2) is 30.5 Å². The van der Waals surface area contributed by atoms with Gasteiger partial charge < -0.3 is 4.74 Å². The largest absolute Gasteiger partial charge is 0.471 e. The Hall–Kier alpha value is -4.01. The summed E-state index contributed by atoms with van der Waals surface area (Å²) >= 11 is 0. The van der Waals surface area contributed by atoms with Crippen molar-refractivity contribution >= 4 is 11.9 Å². The first-order valence-electron chi connectivity index (χ1n) is 9.64. The van der Waals surface area contributed by atoms with E-state index in [9.17, 15) is 9.18 Å². The lowest BCUT2D eigenvalue weighted by molar-refractivity contribution is 0.101. The summed E-state index contributed by atoms with van der Waals surface area (Å²) in [6.07, 6.45) is 3.13. The van der Waals surface area contributed by atoms with Crippen LogP contribution in [-0.2, 0) is 13.3 Å². The zero-order chi connectivity index (χ0) is 21.8. The van der Waals surface area contributed by atoms with Crippen LogP contribution in [0.25, 0.3) is 0 Å². The molecule has 8 nitrogen and oxygen atoms in total. The summed E-state index contributed by atoms with van der Waals surface area (Å²) in [6, 6.07) is 13.8. The van der Waals surface area contributed by atoms with Gasteiger partial charge in [0.25, 0.3) is 5.91 Å². The van der Waals surface area contributed by atoms with Gasteiger partial charge in [0.1, 0.15) is 17.9 Å². The van der Waals surface area contributed by atoms with E-state index in [-0.39, 0.29) is 24.2 Å². The van der Waals surface area contributed by atoms with Gasteiger partial charge in [0.05, 0.1) is 6.54 Å². The maximum absolute atomic E-state index is 13.3. The summed E-state index contributed by atoms with van der Waals surface area (Å²) in [5.41, 5.74) is 3.18. The van der Waals surface area contributed by atoms with Gasteiger partial charge in [-0.1, -0.05) is 18.2 Å². The Morgan fingerprint density at radius 1 is 1.06 bits per heavy atom. The van der Waals surface area contributed by atoms with Crippen molar-refractivity contribution in [2.24, 2.45) is 0 Å². The van der Waals surface area contributed by atoms with Crippen LogP contribution in [0.5, 0.6) is 5.75 Å². The molecule has 1 N–H and O–H groups in total. The standard InChI is InChI=1S/C22H21FN6O2/c1-15-8-16(2)10-19(9-15)31-14-28-7-6-20(26-28)21(30)25-22-24-13-29(27-22)12-17-4-3-5-18(23)11-17/h3-11,13H,12,14H2,1-2H3,(H,25,27,30). The van der Waals surface area contributed by atoms with Gasteiger partial charge in [-0.05, 0) is 60.9 Å². The van der Waals surface area contributed by atoms with Crippen molar-refractivity contribution in [1.82, 2.24) is 24.5 Å². The van der Waals surface area contributed by atoms with Crippen LogP contribution in [0.1, 0.15) is 27.2 Å². The SMILES string of the molecule is Cc1cc(C)cc(OCn2ccc(C(=O)Nc3ncn(Cc4cccc(F)c4)n3)n2)c1. The number of benzene rings is 2. The van der Waals surface area contributed by atoms with E-state index in [0.29, 0.717) is 6.54 Å². The van der Waals surface area contributed by atoms with Gasteiger partial charge in [-0.2, -0.15) is 5.10 Å². The van der Waals surface area contributed by atoms with E-state index >= 15 is 0 Å². The predicted octanol–water partition coefficient (Wildman–Crippen LogP) is 3.57. The Labute approximate surface area is 178 Å². The van der Waals surface area contributed by atoms with E-state index in [4.69, 9.17) is 4.74 Å². The fraction of sp³-hybridized carbons (Fsp3) is 0.182. The lowest BCUT2D eigenvalue weighted by atomic mass is 10.1. The smallest absolute Gasteiger partial charge is 0.278 e. The number of anilines is 1. The number of aromatic nitrogens is 5. The quantitative estimate of drug-likeness (QED) is 0.494. The molecule has 0 bridgehead atoms. The Morgan fingerprint density at radius 3 is 2.65 bits per heavy atom. The number of halogens is 1. The molecule has 2 aromatic heterocycles. The van der Waals surface area contributed by atoms with Crippen molar-refractivity contribution in [3.8, 4) is 5.75 Å². The molecular weight excluding hydrogens is 399 g/mol. The normalized spacial score (nSPS) is 10.8. The maximum atomic E-state index is 13.3. The number of hydrogen-bond donors (Lipinski definition) is 1. The van der Waals surface area contributed by atoms with E-state index in [1.54, 1.807) is 24.4 Å². The van der Waals surface area contributed by atoms with Crippen molar-refractivity contribution in [1.29, 1.82) is 0 Å². The van der Waals surface area contributed by atoms with Crippen LogP contribution >= 0.6 is 0 Å². The first kappa shape index (κ1) is 20.3. The second-order valence-electron chi connectivity index (χ2n) is 7.19. The van der Waals surface area contributed by atoms with E-state index < -0.39 is 5.91 Å². The second kappa shape index (κ2) is 8.78. The lowest BCUT2D eigenvalue weighted by Gasteiger charge is -2.08. The van der Waals surface area contributed by atoms with Crippen LogP contribution < -0.4 is 10.1 Å². The third-order valence-corrected chi connectivity index (χ3v) is 4.43. The number of amides is 1. The number of nitrogens with zero attached hydrogens (tertiary/aromatic N) is 5. The molecule has 4 aromatic rings. The van der Waals surface area contributed by atoms with Crippen molar-refractivity contribution in [3.63, 3.8) is 0 Å². The zero-order valence-corrected chi connectivity index (χ0v) is 17.1. The van der Waals surface area contributed by atoms with Gasteiger partial charge in [0.15, 0.2) is 12.4 Å². The number of aryl methyl sites for hydroxylation is 2. The number of ether oxygens (including phenoxy) is 1. The Balaban J connectivity index is 1.34. The van der Waals surface area contributed by atoms with Crippen molar-refractivity contribution in [3.05, 3.63) is 89.3 Å². The molecule has 0 aliphatic carbocycles. The highest BCUT2D eigenvalue weighted by Crippen LogP contribution is 2.16. The highest BCUT2D eigenvalue weighted by molar-refractivity contribution is 6.01. The number of carbonyl (C=O) groups excluding carboxylic acids is 1. The Morgan fingerprint density at radius 2 is 1.87 bits per heavy atom. The molecule has 0 radical (unpaired) electrons. The van der Waals surface area contributed by atoms with Gasteiger partial charge in [0, 0.05) is 6.20 Å². The molecule has 0 aliphatic rings. The van der Waals surface area contributed by atoms with E-state index in [1.165, 1.54) is 27.8 Å². The summed E-state index contributed by atoms with van der Waals surface area (Å²) in [7, 11) is 0. The maximum Gasteiger partial charge on any atom is 0.278 e. The first-order chi connectivity index (χ1) is 14.9. The molecule has 0 saturated heterocycles. The predicted molar refractivity (Wildman–Crippen MR) is 112 cm³/mol. The van der Waals surface area contributed by atoms with Gasteiger partial charge >= 0.3 is 0 Å². The third-order valence-electron chi connectivity index (χ3n) is 4.43. The van der Waals surface area contributed by atoms with Crippen LogP contribution in [0, 0.1) is 19.7 Å². The summed E-state index contributed by atoms with van der Waals surface area (Å²) in [4.78, 5) is 16.5. The fourth-order valence-corrected chi connectivity index (χ4v) is 3.13.